The van der Waals surface area contributed by atoms with Crippen molar-refractivity contribution in [3.63, 3.8) is 0 Å². The van der Waals surface area contributed by atoms with Crippen LogP contribution in [0.15, 0.2) is 90.5 Å². The standard InChI is InChI=1S/C29H21ClN2O4/c1-18-25(30)13-6-14-26(18)32-28(34)24(27(33)31-29(32)35)16-19-7-4-11-22(15-19)36-17-21-10-5-9-20-8-2-3-12-23(20)21/h2-16H,17H2,1H3,(H,31,33,35)/b24-16-. The molecule has 1 aliphatic rings. The molecule has 0 spiro atoms. The number of urea groups is 1. The Hall–Kier alpha value is -4.42. The number of amides is 4. The van der Waals surface area contributed by atoms with Crippen LogP contribution in [0.2, 0.25) is 5.02 Å². The number of rotatable bonds is 5. The number of imide groups is 2. The summed E-state index contributed by atoms with van der Waals surface area (Å²) in [6.07, 6.45) is 1.45. The first kappa shape index (κ1) is 23.3. The van der Waals surface area contributed by atoms with Crippen molar-refractivity contribution in [1.82, 2.24) is 5.32 Å². The molecule has 1 saturated heterocycles. The normalized spacial score (nSPS) is 14.9. The van der Waals surface area contributed by atoms with Gasteiger partial charge in [0.25, 0.3) is 11.8 Å². The van der Waals surface area contributed by atoms with Crippen LogP contribution in [0.25, 0.3) is 16.8 Å². The van der Waals surface area contributed by atoms with Crippen LogP contribution in [-0.2, 0) is 16.2 Å². The predicted molar refractivity (Wildman–Crippen MR) is 140 cm³/mol. The van der Waals surface area contributed by atoms with Gasteiger partial charge in [0.1, 0.15) is 17.9 Å². The van der Waals surface area contributed by atoms with Gasteiger partial charge in [0.2, 0.25) is 0 Å². The summed E-state index contributed by atoms with van der Waals surface area (Å²) in [7, 11) is 0. The molecule has 0 saturated carbocycles. The zero-order valence-corrected chi connectivity index (χ0v) is 20.1. The Bertz CT molecular complexity index is 1550. The molecule has 1 fully saturated rings. The smallest absolute Gasteiger partial charge is 0.335 e. The maximum absolute atomic E-state index is 13.2. The lowest BCUT2D eigenvalue weighted by atomic mass is 10.0. The molecule has 0 bridgehead atoms. The number of carbonyl (C=O) groups excluding carboxylic acids is 3. The predicted octanol–water partition coefficient (Wildman–Crippen LogP) is 6.05. The molecule has 36 heavy (non-hydrogen) atoms. The van der Waals surface area contributed by atoms with Crippen molar-refractivity contribution >= 4 is 52.0 Å². The lowest BCUT2D eigenvalue weighted by molar-refractivity contribution is -0.122. The summed E-state index contributed by atoms with van der Waals surface area (Å²) in [5.74, 6) is -0.904. The van der Waals surface area contributed by atoms with E-state index in [0.29, 0.717) is 34.2 Å². The van der Waals surface area contributed by atoms with Gasteiger partial charge in [-0.25, -0.2) is 9.69 Å². The second-order valence-electron chi connectivity index (χ2n) is 8.34. The number of barbiturate groups is 1. The van der Waals surface area contributed by atoms with Gasteiger partial charge >= 0.3 is 6.03 Å². The van der Waals surface area contributed by atoms with Crippen LogP contribution >= 0.6 is 11.6 Å². The number of hydrogen-bond donors (Lipinski definition) is 1. The number of nitrogens with one attached hydrogen (secondary N) is 1. The number of hydrogen-bond acceptors (Lipinski definition) is 4. The maximum Gasteiger partial charge on any atom is 0.335 e. The topological polar surface area (TPSA) is 75.7 Å². The highest BCUT2D eigenvalue weighted by molar-refractivity contribution is 6.40. The summed E-state index contributed by atoms with van der Waals surface area (Å²) in [6, 6.07) is 25.3. The van der Waals surface area contributed by atoms with Crippen molar-refractivity contribution in [2.45, 2.75) is 13.5 Å². The highest BCUT2D eigenvalue weighted by Gasteiger charge is 2.37. The van der Waals surface area contributed by atoms with Crippen molar-refractivity contribution in [1.29, 1.82) is 0 Å². The Morgan fingerprint density at radius 3 is 2.53 bits per heavy atom. The van der Waals surface area contributed by atoms with Gasteiger partial charge in [-0.3, -0.25) is 14.9 Å². The second kappa shape index (κ2) is 9.68. The zero-order chi connectivity index (χ0) is 25.2. The van der Waals surface area contributed by atoms with Crippen LogP contribution in [0.5, 0.6) is 5.75 Å². The molecule has 0 radical (unpaired) electrons. The summed E-state index contributed by atoms with van der Waals surface area (Å²) in [5.41, 5.74) is 2.33. The Morgan fingerprint density at radius 1 is 0.917 bits per heavy atom. The van der Waals surface area contributed by atoms with E-state index in [1.54, 1.807) is 49.4 Å². The number of nitrogens with zero attached hydrogens (tertiary/aromatic N) is 1. The Morgan fingerprint density at radius 2 is 1.67 bits per heavy atom. The third-order valence-electron chi connectivity index (χ3n) is 6.03. The SMILES string of the molecule is Cc1c(Cl)cccc1N1C(=O)NC(=O)/C(=C/c2cccc(OCc3cccc4ccccc34)c2)C1=O. The van der Waals surface area contributed by atoms with Crippen LogP contribution in [0.1, 0.15) is 16.7 Å². The van der Waals surface area contributed by atoms with E-state index in [1.165, 1.54) is 6.08 Å². The van der Waals surface area contributed by atoms with Crippen molar-refractivity contribution in [2.24, 2.45) is 0 Å². The average Bonchev–Trinajstić information content (AvgIpc) is 2.88. The van der Waals surface area contributed by atoms with Crippen LogP contribution in [0, 0.1) is 6.92 Å². The monoisotopic (exact) mass is 496 g/mol. The number of halogens is 1. The molecule has 6 nitrogen and oxygen atoms in total. The molecule has 1 N–H and O–H groups in total. The van der Waals surface area contributed by atoms with Gasteiger partial charge in [-0.2, -0.15) is 0 Å². The van der Waals surface area contributed by atoms with E-state index in [9.17, 15) is 14.4 Å². The lowest BCUT2D eigenvalue weighted by Gasteiger charge is -2.27. The number of carbonyl (C=O) groups is 3. The Balaban J connectivity index is 1.41. The van der Waals surface area contributed by atoms with Crippen molar-refractivity contribution in [3.8, 4) is 5.75 Å². The maximum atomic E-state index is 13.2. The highest BCUT2D eigenvalue weighted by atomic mass is 35.5. The summed E-state index contributed by atoms with van der Waals surface area (Å²) < 4.78 is 6.03. The molecule has 1 aliphatic heterocycles. The molecule has 0 aromatic heterocycles. The summed E-state index contributed by atoms with van der Waals surface area (Å²) >= 11 is 6.18. The average molecular weight is 497 g/mol. The van der Waals surface area contributed by atoms with E-state index in [2.05, 4.69) is 23.5 Å². The summed E-state index contributed by atoms with van der Waals surface area (Å²) in [4.78, 5) is 39.3. The van der Waals surface area contributed by atoms with Crippen molar-refractivity contribution in [3.05, 3.63) is 112 Å². The third-order valence-corrected chi connectivity index (χ3v) is 6.43. The molecule has 1 heterocycles. The minimum Gasteiger partial charge on any atom is -0.489 e. The fraction of sp³-hybridized carbons (Fsp3) is 0.0690. The fourth-order valence-electron chi connectivity index (χ4n) is 4.15. The van der Waals surface area contributed by atoms with Gasteiger partial charge in [0.05, 0.1) is 5.69 Å². The molecule has 0 unspecified atom stereocenters. The lowest BCUT2D eigenvalue weighted by Crippen LogP contribution is -2.54. The molecule has 0 aliphatic carbocycles. The fourth-order valence-corrected chi connectivity index (χ4v) is 4.32. The molecular formula is C29H21ClN2O4. The summed E-state index contributed by atoms with van der Waals surface area (Å²) in [6.45, 7) is 2.06. The Kier molecular flexibility index (Phi) is 6.27. The molecule has 4 aromatic rings. The molecule has 178 valence electrons. The first-order valence-corrected chi connectivity index (χ1v) is 11.7. The third kappa shape index (κ3) is 4.46. The van der Waals surface area contributed by atoms with Crippen LogP contribution in [0.3, 0.4) is 0 Å². The number of fused-ring (bicyclic) bond motifs is 1. The minimum atomic E-state index is -0.820. The van der Waals surface area contributed by atoms with Gasteiger partial charge in [0, 0.05) is 5.02 Å². The van der Waals surface area contributed by atoms with Crippen LogP contribution < -0.4 is 15.0 Å². The van der Waals surface area contributed by atoms with E-state index in [1.807, 2.05) is 24.3 Å². The van der Waals surface area contributed by atoms with Gasteiger partial charge in [-0.05, 0) is 64.7 Å². The largest absolute Gasteiger partial charge is 0.489 e. The molecule has 7 heteroatoms. The molecule has 4 aromatic carbocycles. The van der Waals surface area contributed by atoms with Crippen molar-refractivity contribution in [2.75, 3.05) is 4.90 Å². The Labute approximate surface area is 212 Å². The van der Waals surface area contributed by atoms with Gasteiger partial charge in [-0.15, -0.1) is 0 Å². The molecule has 5 rings (SSSR count). The van der Waals surface area contributed by atoms with Gasteiger partial charge < -0.3 is 4.74 Å². The highest BCUT2D eigenvalue weighted by Crippen LogP contribution is 2.30. The second-order valence-corrected chi connectivity index (χ2v) is 8.75. The van der Waals surface area contributed by atoms with E-state index in [4.69, 9.17) is 16.3 Å². The molecule has 0 atom stereocenters. The summed E-state index contributed by atoms with van der Waals surface area (Å²) in [5, 5.41) is 4.89. The minimum absolute atomic E-state index is 0.167. The first-order valence-electron chi connectivity index (χ1n) is 11.3. The molecular weight excluding hydrogens is 476 g/mol. The van der Waals surface area contributed by atoms with E-state index < -0.39 is 17.8 Å². The quantitative estimate of drug-likeness (QED) is 0.270. The van der Waals surface area contributed by atoms with Crippen LogP contribution in [0.4, 0.5) is 10.5 Å². The van der Waals surface area contributed by atoms with Gasteiger partial charge in [-0.1, -0.05) is 72.3 Å². The number of benzene rings is 4. The number of anilines is 1. The zero-order valence-electron chi connectivity index (χ0n) is 19.3. The molecule has 4 amide bonds. The number of ether oxygens (including phenoxy) is 1. The van der Waals surface area contributed by atoms with Crippen molar-refractivity contribution < 1.29 is 19.1 Å². The first-order chi connectivity index (χ1) is 17.4. The van der Waals surface area contributed by atoms with E-state index in [0.717, 1.165) is 21.2 Å². The van der Waals surface area contributed by atoms with Crippen LogP contribution in [-0.4, -0.2) is 17.8 Å². The van der Waals surface area contributed by atoms with E-state index >= 15 is 0 Å². The van der Waals surface area contributed by atoms with E-state index in [-0.39, 0.29) is 5.57 Å². The van der Waals surface area contributed by atoms with Gasteiger partial charge in [0.15, 0.2) is 0 Å².